The summed E-state index contributed by atoms with van der Waals surface area (Å²) in [6, 6.07) is 16.3. The maximum atomic E-state index is 5.29. The highest BCUT2D eigenvalue weighted by molar-refractivity contribution is 6.02. The van der Waals surface area contributed by atoms with Crippen LogP contribution < -0.4 is 0 Å². The third-order valence-electron chi connectivity index (χ3n) is 6.12. The van der Waals surface area contributed by atoms with Crippen LogP contribution in [0.5, 0.6) is 0 Å². The van der Waals surface area contributed by atoms with Gasteiger partial charge in [-0.2, -0.15) is 0 Å². The summed E-state index contributed by atoms with van der Waals surface area (Å²) in [7, 11) is 0. The van der Waals surface area contributed by atoms with Crippen molar-refractivity contribution >= 4 is 5.71 Å². The lowest BCUT2D eigenvalue weighted by atomic mass is 9.74. The van der Waals surface area contributed by atoms with Gasteiger partial charge in [-0.25, -0.2) is 0 Å². The Kier molecular flexibility index (Phi) is 5.89. The van der Waals surface area contributed by atoms with Crippen molar-refractivity contribution < 1.29 is 0 Å². The van der Waals surface area contributed by atoms with Crippen molar-refractivity contribution in [2.24, 2.45) is 10.4 Å². The molecule has 144 valence electrons. The van der Waals surface area contributed by atoms with Crippen LogP contribution in [0.4, 0.5) is 0 Å². The molecule has 0 aromatic heterocycles. The fourth-order valence-electron chi connectivity index (χ4n) is 4.60. The second-order valence-corrected chi connectivity index (χ2v) is 8.94. The number of aliphatic imine (C=N–C) groups is 1. The van der Waals surface area contributed by atoms with E-state index >= 15 is 0 Å². The maximum Gasteiger partial charge on any atom is 0.0623 e. The maximum absolute atomic E-state index is 5.29. The van der Waals surface area contributed by atoms with Gasteiger partial charge in [-0.1, -0.05) is 84.0 Å². The summed E-state index contributed by atoms with van der Waals surface area (Å²) in [6.07, 6.45) is 4.35. The Hall–Kier alpha value is -1.89. The third kappa shape index (κ3) is 4.03. The Bertz CT molecular complexity index is 805. The Morgan fingerprint density at radius 1 is 0.889 bits per heavy atom. The minimum atomic E-state index is 0.156. The van der Waals surface area contributed by atoms with Gasteiger partial charge in [0.25, 0.3) is 0 Å². The molecule has 2 aromatic carbocycles. The third-order valence-corrected chi connectivity index (χ3v) is 6.12. The molecule has 3 rings (SSSR count). The quantitative estimate of drug-likeness (QED) is 0.557. The monoisotopic (exact) mass is 361 g/mol. The number of benzene rings is 2. The molecule has 0 spiro atoms. The van der Waals surface area contributed by atoms with Crippen LogP contribution >= 0.6 is 0 Å². The van der Waals surface area contributed by atoms with Crippen molar-refractivity contribution in [1.82, 2.24) is 0 Å². The SMILES string of the molecule is CCc1ccc(C2=NC(C(C)(C)C)C(c3cccc(CC)c3CC)C2)cc1. The van der Waals surface area contributed by atoms with Crippen LogP contribution in [0.1, 0.15) is 81.7 Å². The standard InChI is InChI=1S/C26H35N/c1-7-18-13-15-20(16-14-18)24-17-23(25(27-24)26(4,5)6)22-12-10-11-19(8-2)21(22)9-3/h10-16,23,25H,7-9,17H2,1-6H3. The van der Waals surface area contributed by atoms with Gasteiger partial charge in [-0.3, -0.25) is 4.99 Å². The smallest absolute Gasteiger partial charge is 0.0623 e. The normalized spacial score (nSPS) is 20.0. The van der Waals surface area contributed by atoms with Gasteiger partial charge in [0.1, 0.15) is 0 Å². The topological polar surface area (TPSA) is 12.4 Å². The van der Waals surface area contributed by atoms with Gasteiger partial charge < -0.3 is 0 Å². The van der Waals surface area contributed by atoms with E-state index in [1.807, 2.05) is 0 Å². The molecule has 0 N–H and O–H groups in total. The molecular weight excluding hydrogens is 326 g/mol. The lowest BCUT2D eigenvalue weighted by molar-refractivity contribution is 0.296. The lowest BCUT2D eigenvalue weighted by Crippen LogP contribution is -2.28. The molecule has 1 nitrogen and oxygen atoms in total. The first-order valence-electron chi connectivity index (χ1n) is 10.7. The molecule has 2 aromatic rings. The van der Waals surface area contributed by atoms with E-state index in [0.717, 1.165) is 25.7 Å². The highest BCUT2D eigenvalue weighted by atomic mass is 14.9. The van der Waals surface area contributed by atoms with E-state index in [2.05, 4.69) is 84.0 Å². The zero-order chi connectivity index (χ0) is 19.6. The van der Waals surface area contributed by atoms with Gasteiger partial charge >= 0.3 is 0 Å². The second-order valence-electron chi connectivity index (χ2n) is 8.94. The Morgan fingerprint density at radius 3 is 2.15 bits per heavy atom. The van der Waals surface area contributed by atoms with Crippen LogP contribution in [0.15, 0.2) is 47.5 Å². The number of rotatable bonds is 5. The molecule has 27 heavy (non-hydrogen) atoms. The molecular formula is C26H35N. The average molecular weight is 362 g/mol. The number of hydrogen-bond acceptors (Lipinski definition) is 1. The number of hydrogen-bond donors (Lipinski definition) is 0. The molecule has 0 amide bonds. The Balaban J connectivity index is 2.02. The number of nitrogens with zero attached hydrogens (tertiary/aromatic N) is 1. The molecule has 1 aliphatic rings. The van der Waals surface area contributed by atoms with Crippen LogP contribution in [0.3, 0.4) is 0 Å². The predicted octanol–water partition coefficient (Wildman–Crippen LogP) is 6.77. The summed E-state index contributed by atoms with van der Waals surface area (Å²) in [6.45, 7) is 13.8. The number of aryl methyl sites for hydroxylation is 2. The zero-order valence-corrected chi connectivity index (χ0v) is 18.0. The van der Waals surface area contributed by atoms with E-state index in [0.29, 0.717) is 12.0 Å². The van der Waals surface area contributed by atoms with Crippen molar-refractivity contribution in [2.75, 3.05) is 0 Å². The molecule has 0 saturated heterocycles. The molecule has 2 atom stereocenters. The molecule has 0 fully saturated rings. The Labute approximate surface area is 165 Å². The van der Waals surface area contributed by atoms with Crippen LogP contribution in [0.2, 0.25) is 0 Å². The highest BCUT2D eigenvalue weighted by Gasteiger charge is 2.39. The van der Waals surface area contributed by atoms with E-state index in [4.69, 9.17) is 4.99 Å². The van der Waals surface area contributed by atoms with Crippen molar-refractivity contribution in [2.45, 2.75) is 79.2 Å². The summed E-state index contributed by atoms with van der Waals surface area (Å²) in [4.78, 5) is 5.29. The van der Waals surface area contributed by atoms with E-state index in [-0.39, 0.29) is 5.41 Å². The lowest BCUT2D eigenvalue weighted by Gasteiger charge is -2.32. The molecule has 1 heteroatoms. The molecule has 0 bridgehead atoms. The fourth-order valence-corrected chi connectivity index (χ4v) is 4.60. The summed E-state index contributed by atoms with van der Waals surface area (Å²) < 4.78 is 0. The first-order chi connectivity index (χ1) is 12.9. The minimum absolute atomic E-state index is 0.156. The van der Waals surface area contributed by atoms with Crippen LogP contribution in [0, 0.1) is 5.41 Å². The summed E-state index contributed by atoms with van der Waals surface area (Å²) in [5.41, 5.74) is 8.72. The van der Waals surface area contributed by atoms with Crippen molar-refractivity contribution in [3.8, 4) is 0 Å². The van der Waals surface area contributed by atoms with Gasteiger partial charge in [-0.15, -0.1) is 0 Å². The van der Waals surface area contributed by atoms with E-state index in [9.17, 15) is 0 Å². The summed E-state index contributed by atoms with van der Waals surface area (Å²) >= 11 is 0. The molecule has 0 radical (unpaired) electrons. The van der Waals surface area contributed by atoms with Crippen molar-refractivity contribution in [3.05, 3.63) is 70.3 Å². The van der Waals surface area contributed by atoms with Crippen LogP contribution in [-0.4, -0.2) is 11.8 Å². The first-order valence-corrected chi connectivity index (χ1v) is 10.7. The van der Waals surface area contributed by atoms with Gasteiger partial charge in [0.2, 0.25) is 0 Å². The van der Waals surface area contributed by atoms with Gasteiger partial charge in [0.15, 0.2) is 0 Å². The van der Waals surface area contributed by atoms with Crippen LogP contribution in [-0.2, 0) is 19.3 Å². The second kappa shape index (κ2) is 8.00. The van der Waals surface area contributed by atoms with E-state index in [1.54, 1.807) is 5.56 Å². The predicted molar refractivity (Wildman–Crippen MR) is 118 cm³/mol. The Morgan fingerprint density at radius 2 is 1.59 bits per heavy atom. The summed E-state index contributed by atoms with van der Waals surface area (Å²) in [5, 5.41) is 0. The fraction of sp³-hybridized carbons (Fsp3) is 0.500. The highest BCUT2D eigenvalue weighted by Crippen LogP contribution is 2.43. The van der Waals surface area contributed by atoms with E-state index < -0.39 is 0 Å². The van der Waals surface area contributed by atoms with Crippen molar-refractivity contribution in [1.29, 1.82) is 0 Å². The zero-order valence-electron chi connectivity index (χ0n) is 18.0. The average Bonchev–Trinajstić information content (AvgIpc) is 3.13. The largest absolute Gasteiger partial charge is 0.285 e. The molecule has 0 aliphatic carbocycles. The molecule has 2 unspecified atom stereocenters. The van der Waals surface area contributed by atoms with Gasteiger partial charge in [0, 0.05) is 11.6 Å². The molecule has 0 saturated carbocycles. The molecule has 1 aliphatic heterocycles. The van der Waals surface area contributed by atoms with Crippen molar-refractivity contribution in [3.63, 3.8) is 0 Å². The summed E-state index contributed by atoms with van der Waals surface area (Å²) in [5.74, 6) is 0.479. The first kappa shape index (κ1) is 19.9. The van der Waals surface area contributed by atoms with Gasteiger partial charge in [-0.05, 0) is 58.9 Å². The molecule has 1 heterocycles. The van der Waals surface area contributed by atoms with Gasteiger partial charge in [0.05, 0.1) is 6.04 Å². The van der Waals surface area contributed by atoms with E-state index in [1.165, 1.54) is 28.0 Å². The minimum Gasteiger partial charge on any atom is -0.285 e. The van der Waals surface area contributed by atoms with Crippen LogP contribution in [0.25, 0.3) is 0 Å².